The molecular weight excluding hydrogens is 454 g/mol. The summed E-state index contributed by atoms with van der Waals surface area (Å²) in [5, 5.41) is 15.2. The molecule has 1 aromatic heterocycles. The number of para-hydroxylation sites is 2. The van der Waals surface area contributed by atoms with Crippen LogP contribution in [0, 0.1) is 0 Å². The number of aromatic nitrogens is 2. The molecule has 1 saturated heterocycles. The Morgan fingerprint density at radius 2 is 1.79 bits per heavy atom. The Hall–Kier alpha value is -3.66. The molecule has 0 unspecified atom stereocenters. The number of benzene rings is 2. The summed E-state index contributed by atoms with van der Waals surface area (Å²) < 4.78 is 10.7. The van der Waals surface area contributed by atoms with Crippen molar-refractivity contribution >= 4 is 34.6 Å². The second-order valence-corrected chi connectivity index (χ2v) is 8.76. The summed E-state index contributed by atoms with van der Waals surface area (Å²) in [5.41, 5.74) is 1.32. The Labute approximate surface area is 202 Å². The number of methoxy groups -OCH3 is 1. The van der Waals surface area contributed by atoms with Gasteiger partial charge in [-0.15, -0.1) is 10.2 Å². The molecular formula is C24H27N5O4S. The summed E-state index contributed by atoms with van der Waals surface area (Å²) in [7, 11) is 1.59. The zero-order valence-corrected chi connectivity index (χ0v) is 19.9. The first-order chi connectivity index (χ1) is 16.6. The van der Waals surface area contributed by atoms with E-state index in [1.54, 1.807) is 36.3 Å². The van der Waals surface area contributed by atoms with Gasteiger partial charge in [0.15, 0.2) is 0 Å². The molecule has 9 nitrogen and oxygen atoms in total. The molecule has 2 N–H and O–H groups in total. The van der Waals surface area contributed by atoms with Gasteiger partial charge in [-0.05, 0) is 56.2 Å². The number of amides is 3. The van der Waals surface area contributed by atoms with Crippen molar-refractivity contribution in [1.82, 2.24) is 15.1 Å². The van der Waals surface area contributed by atoms with Crippen LogP contribution in [-0.4, -0.2) is 53.8 Å². The zero-order chi connectivity index (χ0) is 23.9. The average molecular weight is 482 g/mol. The average Bonchev–Trinajstić information content (AvgIpc) is 3.37. The summed E-state index contributed by atoms with van der Waals surface area (Å²) in [6.07, 6.45) is 1.52. The molecule has 1 fully saturated rings. The fourth-order valence-electron chi connectivity index (χ4n) is 3.73. The monoisotopic (exact) mass is 481 g/mol. The van der Waals surface area contributed by atoms with Gasteiger partial charge < -0.3 is 25.0 Å². The molecule has 2 heterocycles. The van der Waals surface area contributed by atoms with E-state index in [4.69, 9.17) is 9.47 Å². The Kier molecular flexibility index (Phi) is 7.58. The lowest BCUT2D eigenvalue weighted by Gasteiger charge is -2.31. The van der Waals surface area contributed by atoms with Gasteiger partial charge in [0.2, 0.25) is 5.01 Å². The van der Waals surface area contributed by atoms with Crippen LogP contribution in [0.3, 0.4) is 0 Å². The molecule has 3 amide bonds. The van der Waals surface area contributed by atoms with Crippen LogP contribution in [0.15, 0.2) is 48.5 Å². The smallest absolute Gasteiger partial charge is 0.321 e. The van der Waals surface area contributed by atoms with E-state index in [1.807, 2.05) is 31.2 Å². The molecule has 34 heavy (non-hydrogen) atoms. The number of hydrogen-bond donors (Lipinski definition) is 2. The number of ether oxygens (including phenoxy) is 2. The van der Waals surface area contributed by atoms with Gasteiger partial charge >= 0.3 is 6.03 Å². The SMILES string of the molecule is CCOc1ccccc1NC(=O)N1CCC(c2nnc(C(=O)Nc3ccc(OC)cc3)s2)CC1. The number of carbonyl (C=O) groups excluding carboxylic acids is 2. The van der Waals surface area contributed by atoms with Crippen molar-refractivity contribution in [3.05, 3.63) is 58.5 Å². The number of nitrogens with zero attached hydrogens (tertiary/aromatic N) is 3. The highest BCUT2D eigenvalue weighted by atomic mass is 32.1. The van der Waals surface area contributed by atoms with Gasteiger partial charge in [-0.25, -0.2) is 4.79 Å². The summed E-state index contributed by atoms with van der Waals surface area (Å²) >= 11 is 1.30. The Morgan fingerprint density at radius 1 is 1.06 bits per heavy atom. The van der Waals surface area contributed by atoms with Crippen molar-refractivity contribution in [3.63, 3.8) is 0 Å². The van der Waals surface area contributed by atoms with Gasteiger partial charge in [-0.2, -0.15) is 0 Å². The fourth-order valence-corrected chi connectivity index (χ4v) is 4.63. The Morgan fingerprint density at radius 3 is 2.50 bits per heavy atom. The highest BCUT2D eigenvalue weighted by Crippen LogP contribution is 2.31. The molecule has 0 aliphatic carbocycles. The summed E-state index contributed by atoms with van der Waals surface area (Å²) in [5.74, 6) is 1.25. The number of piperidine rings is 1. The van der Waals surface area contributed by atoms with Crippen molar-refractivity contribution in [2.24, 2.45) is 0 Å². The van der Waals surface area contributed by atoms with Crippen LogP contribution >= 0.6 is 11.3 Å². The van der Waals surface area contributed by atoms with Gasteiger partial charge in [0.1, 0.15) is 16.5 Å². The Bertz CT molecular complexity index is 1130. The van der Waals surface area contributed by atoms with Crippen LogP contribution in [0.2, 0.25) is 0 Å². The summed E-state index contributed by atoms with van der Waals surface area (Å²) in [6.45, 7) is 3.63. The van der Waals surface area contributed by atoms with E-state index < -0.39 is 0 Å². The van der Waals surface area contributed by atoms with Gasteiger partial charge in [0.25, 0.3) is 5.91 Å². The van der Waals surface area contributed by atoms with Crippen LogP contribution in [0.4, 0.5) is 16.2 Å². The van der Waals surface area contributed by atoms with Gasteiger partial charge in [0.05, 0.1) is 19.4 Å². The molecule has 3 aromatic rings. The number of likely N-dealkylation sites (tertiary alicyclic amines) is 1. The number of anilines is 2. The molecule has 178 valence electrons. The van der Waals surface area contributed by atoms with E-state index in [9.17, 15) is 9.59 Å². The number of hydrogen-bond acceptors (Lipinski definition) is 7. The standard InChI is InChI=1S/C24H27N5O4S/c1-3-33-20-7-5-4-6-19(20)26-24(31)29-14-12-16(13-15-29)22-27-28-23(34-22)21(30)25-17-8-10-18(32-2)11-9-17/h4-11,16H,3,12-15H2,1-2H3,(H,25,30)(H,26,31). The molecule has 0 bridgehead atoms. The summed E-state index contributed by atoms with van der Waals surface area (Å²) in [4.78, 5) is 27.1. The van der Waals surface area contributed by atoms with Crippen LogP contribution in [-0.2, 0) is 0 Å². The fraction of sp³-hybridized carbons (Fsp3) is 0.333. The van der Waals surface area contributed by atoms with Crippen molar-refractivity contribution < 1.29 is 19.1 Å². The Balaban J connectivity index is 1.30. The molecule has 0 saturated carbocycles. The minimum atomic E-state index is -0.293. The van der Waals surface area contributed by atoms with Gasteiger partial charge in [-0.3, -0.25) is 4.79 Å². The number of rotatable bonds is 7. The third-order valence-corrected chi connectivity index (χ3v) is 6.63. The normalized spacial score (nSPS) is 13.9. The maximum atomic E-state index is 12.7. The molecule has 0 spiro atoms. The lowest BCUT2D eigenvalue weighted by Crippen LogP contribution is -2.40. The van der Waals surface area contributed by atoms with Crippen molar-refractivity contribution in [1.29, 1.82) is 0 Å². The molecule has 2 aromatic carbocycles. The molecule has 1 aliphatic rings. The van der Waals surface area contributed by atoms with E-state index in [-0.39, 0.29) is 17.9 Å². The predicted octanol–water partition coefficient (Wildman–Crippen LogP) is 4.61. The van der Waals surface area contributed by atoms with E-state index in [0.29, 0.717) is 41.8 Å². The third-order valence-electron chi connectivity index (χ3n) is 5.54. The van der Waals surface area contributed by atoms with E-state index in [0.717, 1.165) is 23.6 Å². The van der Waals surface area contributed by atoms with Gasteiger partial charge in [-0.1, -0.05) is 23.5 Å². The number of urea groups is 1. The molecule has 0 atom stereocenters. The maximum absolute atomic E-state index is 12.7. The van der Waals surface area contributed by atoms with Crippen LogP contribution in [0.5, 0.6) is 11.5 Å². The quantitative estimate of drug-likeness (QED) is 0.511. The molecule has 4 rings (SSSR count). The highest BCUT2D eigenvalue weighted by Gasteiger charge is 2.27. The minimum absolute atomic E-state index is 0.151. The molecule has 1 aliphatic heterocycles. The van der Waals surface area contributed by atoms with Crippen molar-refractivity contribution in [2.75, 3.05) is 37.4 Å². The predicted molar refractivity (Wildman–Crippen MR) is 131 cm³/mol. The topological polar surface area (TPSA) is 106 Å². The maximum Gasteiger partial charge on any atom is 0.321 e. The first-order valence-corrected chi connectivity index (χ1v) is 12.0. The van der Waals surface area contributed by atoms with Crippen LogP contribution in [0.25, 0.3) is 0 Å². The lowest BCUT2D eigenvalue weighted by molar-refractivity contribution is 0.102. The first kappa shape index (κ1) is 23.5. The second kappa shape index (κ2) is 11.0. The third kappa shape index (κ3) is 5.63. The van der Waals surface area contributed by atoms with Crippen LogP contribution < -0.4 is 20.1 Å². The minimum Gasteiger partial charge on any atom is -0.497 e. The number of carbonyl (C=O) groups is 2. The van der Waals surface area contributed by atoms with Crippen molar-refractivity contribution in [3.8, 4) is 11.5 Å². The van der Waals surface area contributed by atoms with Gasteiger partial charge in [0, 0.05) is 24.7 Å². The molecule has 0 radical (unpaired) electrons. The molecule has 10 heteroatoms. The second-order valence-electron chi connectivity index (χ2n) is 7.75. The zero-order valence-electron chi connectivity index (χ0n) is 19.1. The first-order valence-electron chi connectivity index (χ1n) is 11.1. The van der Waals surface area contributed by atoms with E-state index >= 15 is 0 Å². The van der Waals surface area contributed by atoms with E-state index in [2.05, 4.69) is 20.8 Å². The van der Waals surface area contributed by atoms with E-state index in [1.165, 1.54) is 11.3 Å². The highest BCUT2D eigenvalue weighted by molar-refractivity contribution is 7.13. The largest absolute Gasteiger partial charge is 0.497 e. The lowest BCUT2D eigenvalue weighted by atomic mass is 9.98. The van der Waals surface area contributed by atoms with Crippen LogP contribution in [0.1, 0.15) is 40.5 Å². The number of nitrogens with one attached hydrogen (secondary N) is 2. The van der Waals surface area contributed by atoms with Crippen molar-refractivity contribution in [2.45, 2.75) is 25.7 Å². The summed E-state index contributed by atoms with van der Waals surface area (Å²) in [6, 6.07) is 14.3.